The van der Waals surface area contributed by atoms with E-state index in [9.17, 15) is 9.18 Å². The number of amides is 1. The molecule has 6 aromatic rings. The number of pyridine rings is 1. The summed E-state index contributed by atoms with van der Waals surface area (Å²) in [5.74, 6) is 5.64. The van der Waals surface area contributed by atoms with Gasteiger partial charge in [0.2, 0.25) is 0 Å². The second-order valence-electron chi connectivity index (χ2n) is 8.88. The maximum absolute atomic E-state index is 13.3. The predicted octanol–water partition coefficient (Wildman–Crippen LogP) is 4.15. The highest BCUT2D eigenvalue weighted by Crippen LogP contribution is 2.29. The third-order valence-corrected chi connectivity index (χ3v) is 6.14. The van der Waals surface area contributed by atoms with Crippen LogP contribution >= 0.6 is 0 Å². The number of aryl methyl sites for hydroxylation is 2. The fraction of sp³-hybridized carbons (Fsp3) is 0.100. The number of primary amides is 1. The SMILES string of the molecule is CCc1nc2cccc(C#Cc3cnn(C)c3)c2cc1-c1ccc(F)cc1.NC(=O)c1c(N)nn2cccnc12. The van der Waals surface area contributed by atoms with Crippen molar-refractivity contribution in [2.75, 3.05) is 5.73 Å². The van der Waals surface area contributed by atoms with Gasteiger partial charge in [-0.3, -0.25) is 14.5 Å². The number of nitrogen functional groups attached to an aromatic ring is 1. The molecule has 0 aliphatic carbocycles. The summed E-state index contributed by atoms with van der Waals surface area (Å²) in [4.78, 5) is 19.7. The van der Waals surface area contributed by atoms with E-state index in [1.807, 2.05) is 31.4 Å². The minimum atomic E-state index is -0.619. The van der Waals surface area contributed by atoms with E-state index in [1.165, 1.54) is 16.6 Å². The molecule has 40 heavy (non-hydrogen) atoms. The molecule has 0 saturated heterocycles. The third-order valence-electron chi connectivity index (χ3n) is 6.14. The molecule has 0 aliphatic rings. The molecule has 4 heterocycles. The first-order valence-corrected chi connectivity index (χ1v) is 12.4. The Balaban J connectivity index is 0.000000207. The molecule has 0 spiro atoms. The molecule has 0 aliphatic heterocycles. The smallest absolute Gasteiger partial charge is 0.256 e. The first-order valence-electron chi connectivity index (χ1n) is 12.4. The zero-order chi connectivity index (χ0) is 28.2. The Morgan fingerprint density at radius 1 is 1.10 bits per heavy atom. The second-order valence-corrected chi connectivity index (χ2v) is 8.88. The Morgan fingerprint density at radius 2 is 1.90 bits per heavy atom. The van der Waals surface area contributed by atoms with Crippen LogP contribution in [0.1, 0.15) is 34.1 Å². The highest BCUT2D eigenvalue weighted by atomic mass is 19.1. The van der Waals surface area contributed by atoms with Gasteiger partial charge in [0.15, 0.2) is 11.5 Å². The maximum atomic E-state index is 13.3. The molecular formula is C30H25FN8O. The molecule has 0 bridgehead atoms. The van der Waals surface area contributed by atoms with Gasteiger partial charge in [0, 0.05) is 47.8 Å². The van der Waals surface area contributed by atoms with Crippen molar-refractivity contribution in [3.63, 3.8) is 0 Å². The molecule has 0 atom stereocenters. The lowest BCUT2D eigenvalue weighted by molar-refractivity contribution is 0.100. The van der Waals surface area contributed by atoms with Gasteiger partial charge in [-0.2, -0.15) is 5.10 Å². The van der Waals surface area contributed by atoms with Crippen molar-refractivity contribution >= 4 is 28.3 Å². The van der Waals surface area contributed by atoms with Crippen LogP contribution in [0, 0.1) is 17.7 Å². The number of nitrogens with zero attached hydrogens (tertiary/aromatic N) is 6. The summed E-state index contributed by atoms with van der Waals surface area (Å²) in [5, 5.41) is 9.00. The zero-order valence-electron chi connectivity index (χ0n) is 21.8. The van der Waals surface area contributed by atoms with Crippen LogP contribution in [-0.2, 0) is 13.5 Å². The number of nitrogens with two attached hydrogens (primary N) is 2. The van der Waals surface area contributed by atoms with Crippen molar-refractivity contribution in [2.24, 2.45) is 12.8 Å². The fourth-order valence-corrected chi connectivity index (χ4v) is 4.26. The number of hydrogen-bond donors (Lipinski definition) is 2. The molecule has 10 heteroatoms. The van der Waals surface area contributed by atoms with Gasteiger partial charge in [-0.15, -0.1) is 5.10 Å². The van der Waals surface area contributed by atoms with E-state index >= 15 is 0 Å². The highest BCUT2D eigenvalue weighted by Gasteiger charge is 2.15. The quantitative estimate of drug-likeness (QED) is 0.330. The maximum Gasteiger partial charge on any atom is 0.256 e. The average molecular weight is 533 g/mol. The zero-order valence-corrected chi connectivity index (χ0v) is 21.8. The number of fused-ring (bicyclic) bond motifs is 2. The number of hydrogen-bond acceptors (Lipinski definition) is 6. The molecule has 198 valence electrons. The topological polar surface area (TPSA) is 130 Å². The molecule has 0 unspecified atom stereocenters. The van der Waals surface area contributed by atoms with Crippen LogP contribution in [0.4, 0.5) is 10.2 Å². The van der Waals surface area contributed by atoms with Crippen molar-refractivity contribution in [3.05, 3.63) is 108 Å². The van der Waals surface area contributed by atoms with Crippen LogP contribution in [0.15, 0.2) is 79.4 Å². The Labute approximate surface area is 229 Å². The van der Waals surface area contributed by atoms with Gasteiger partial charge in [-0.25, -0.2) is 13.9 Å². The standard InChI is InChI=1S/C23H18FN3.C7H7N5O/c1-3-22-20(18-9-11-19(24)12-10-18)13-21-17(5-4-6-23(21)26-22)8-7-16-14-25-27(2)15-16;8-5-4(6(9)13)7-10-2-1-3-12(7)11-5/h4-6,9-15H,3H2,1-2H3;1-3H,(H2,8,11)(H2,9,13). The van der Waals surface area contributed by atoms with Gasteiger partial charge in [-0.1, -0.05) is 37.0 Å². The normalized spacial score (nSPS) is 10.6. The first kappa shape index (κ1) is 26.1. The average Bonchev–Trinajstić information content (AvgIpc) is 3.53. The lowest BCUT2D eigenvalue weighted by Gasteiger charge is -2.11. The number of carbonyl (C=O) groups excluding carboxylic acids is 1. The van der Waals surface area contributed by atoms with Gasteiger partial charge < -0.3 is 11.5 Å². The van der Waals surface area contributed by atoms with Gasteiger partial charge in [0.05, 0.1) is 17.3 Å². The summed E-state index contributed by atoms with van der Waals surface area (Å²) in [6.07, 6.45) is 7.62. The number of anilines is 1. The van der Waals surface area contributed by atoms with Crippen LogP contribution in [0.3, 0.4) is 0 Å². The minimum Gasteiger partial charge on any atom is -0.381 e. The molecule has 6 rings (SSSR count). The largest absolute Gasteiger partial charge is 0.381 e. The van der Waals surface area contributed by atoms with E-state index in [2.05, 4.69) is 40.0 Å². The van der Waals surface area contributed by atoms with E-state index in [0.717, 1.165) is 45.3 Å². The van der Waals surface area contributed by atoms with Crippen LogP contribution in [0.25, 0.3) is 27.7 Å². The Bertz CT molecular complexity index is 1910. The fourth-order valence-electron chi connectivity index (χ4n) is 4.26. The van der Waals surface area contributed by atoms with Crippen molar-refractivity contribution in [1.29, 1.82) is 0 Å². The molecule has 0 radical (unpaired) electrons. The van der Waals surface area contributed by atoms with Crippen molar-refractivity contribution in [2.45, 2.75) is 13.3 Å². The number of halogens is 1. The molecule has 1 amide bonds. The first-order chi connectivity index (χ1) is 19.3. The van der Waals surface area contributed by atoms with Crippen molar-refractivity contribution < 1.29 is 9.18 Å². The number of rotatable bonds is 3. The van der Waals surface area contributed by atoms with Crippen LogP contribution in [-0.4, -0.2) is 35.3 Å². The molecule has 9 nitrogen and oxygen atoms in total. The van der Waals surface area contributed by atoms with Crippen LogP contribution in [0.5, 0.6) is 0 Å². The van der Waals surface area contributed by atoms with E-state index < -0.39 is 5.91 Å². The lowest BCUT2D eigenvalue weighted by Crippen LogP contribution is -2.12. The predicted molar refractivity (Wildman–Crippen MR) is 152 cm³/mol. The summed E-state index contributed by atoms with van der Waals surface area (Å²) in [6, 6.07) is 16.3. The molecular weight excluding hydrogens is 507 g/mol. The molecule has 4 aromatic heterocycles. The van der Waals surface area contributed by atoms with Crippen molar-refractivity contribution in [3.8, 4) is 23.0 Å². The van der Waals surface area contributed by atoms with Crippen LogP contribution < -0.4 is 11.5 Å². The summed E-state index contributed by atoms with van der Waals surface area (Å²) < 4.78 is 16.5. The Kier molecular flexibility index (Phi) is 7.20. The number of benzene rings is 2. The van der Waals surface area contributed by atoms with E-state index in [4.69, 9.17) is 16.5 Å². The van der Waals surface area contributed by atoms with Crippen molar-refractivity contribution in [1.82, 2.24) is 29.4 Å². The molecule has 2 aromatic carbocycles. The van der Waals surface area contributed by atoms with Gasteiger partial charge in [0.25, 0.3) is 5.91 Å². The summed E-state index contributed by atoms with van der Waals surface area (Å²) in [7, 11) is 1.87. The Hall–Kier alpha value is -5.56. The molecule has 4 N–H and O–H groups in total. The lowest BCUT2D eigenvalue weighted by atomic mass is 9.98. The van der Waals surface area contributed by atoms with Gasteiger partial charge in [0.1, 0.15) is 11.4 Å². The minimum absolute atomic E-state index is 0.103. The van der Waals surface area contributed by atoms with E-state index in [1.54, 1.807) is 41.5 Å². The summed E-state index contributed by atoms with van der Waals surface area (Å²) in [6.45, 7) is 2.08. The van der Waals surface area contributed by atoms with Gasteiger partial charge in [-0.05, 0) is 48.4 Å². The monoisotopic (exact) mass is 532 g/mol. The second kappa shape index (κ2) is 11.0. The number of aromatic nitrogens is 6. The summed E-state index contributed by atoms with van der Waals surface area (Å²) in [5.41, 5.74) is 16.8. The van der Waals surface area contributed by atoms with Crippen LogP contribution in [0.2, 0.25) is 0 Å². The molecule has 0 fully saturated rings. The van der Waals surface area contributed by atoms with Gasteiger partial charge >= 0.3 is 0 Å². The molecule has 0 saturated carbocycles. The third kappa shape index (κ3) is 5.35. The number of carbonyl (C=O) groups is 1. The van der Waals surface area contributed by atoms with E-state index in [0.29, 0.717) is 5.65 Å². The Morgan fingerprint density at radius 3 is 2.60 bits per heavy atom. The van der Waals surface area contributed by atoms with E-state index in [-0.39, 0.29) is 17.2 Å². The summed E-state index contributed by atoms with van der Waals surface area (Å²) >= 11 is 0. The highest BCUT2D eigenvalue weighted by molar-refractivity contribution is 6.03.